The van der Waals surface area contributed by atoms with Crippen LogP contribution in [0.1, 0.15) is 67.6 Å². The summed E-state index contributed by atoms with van der Waals surface area (Å²) >= 11 is 0. The summed E-state index contributed by atoms with van der Waals surface area (Å²) in [6.07, 6.45) is 8.84. The number of amides is 1. The van der Waals surface area contributed by atoms with Gasteiger partial charge in [0.1, 0.15) is 5.52 Å². The second-order valence-electron chi connectivity index (χ2n) is 8.54. The van der Waals surface area contributed by atoms with Gasteiger partial charge in [0.05, 0.1) is 6.04 Å². The van der Waals surface area contributed by atoms with Crippen LogP contribution in [0, 0.1) is 5.92 Å². The molecule has 5 nitrogen and oxygen atoms in total. The Morgan fingerprint density at radius 3 is 2.52 bits per heavy atom. The minimum Gasteiger partial charge on any atom is -0.434 e. The lowest BCUT2D eigenvalue weighted by Crippen LogP contribution is -2.41. The minimum absolute atomic E-state index is 0.0619. The van der Waals surface area contributed by atoms with E-state index in [1.165, 1.54) is 32.1 Å². The van der Waals surface area contributed by atoms with Crippen molar-refractivity contribution in [2.45, 2.75) is 63.8 Å². The Balaban J connectivity index is 1.43. The summed E-state index contributed by atoms with van der Waals surface area (Å²) in [4.78, 5) is 30.3. The number of aryl methyl sites for hydroxylation is 1. The van der Waals surface area contributed by atoms with Gasteiger partial charge in [0.2, 0.25) is 11.7 Å². The average Bonchev–Trinajstić information content (AvgIpc) is 3.26. The molecule has 1 amide bonds. The normalized spacial score (nSPS) is 15.6. The second-order valence-corrected chi connectivity index (χ2v) is 8.54. The quantitative estimate of drug-likeness (QED) is 0.467. The third-order valence-corrected chi connectivity index (χ3v) is 6.23. The highest BCUT2D eigenvalue weighted by molar-refractivity contribution is 6.00. The van der Waals surface area contributed by atoms with Crippen LogP contribution in [0.4, 0.5) is 0 Å². The fourth-order valence-electron chi connectivity index (χ4n) is 4.43. The van der Waals surface area contributed by atoms with Gasteiger partial charge in [-0.05, 0) is 42.9 Å². The van der Waals surface area contributed by atoms with Crippen molar-refractivity contribution in [1.82, 2.24) is 10.3 Å². The molecule has 0 unspecified atom stereocenters. The van der Waals surface area contributed by atoms with Gasteiger partial charge in [0.25, 0.3) is 5.89 Å². The molecule has 31 heavy (non-hydrogen) atoms. The van der Waals surface area contributed by atoms with Crippen molar-refractivity contribution < 1.29 is 14.0 Å². The molecule has 1 aliphatic carbocycles. The molecule has 0 radical (unpaired) electrons. The Hall–Kier alpha value is -2.95. The standard InChI is InChI=1S/C26H30N2O3/c29-24(18-16-20-11-5-2-6-12-20)27-22(17-15-19-9-3-1-4-10-19)25(30)26-28-21-13-7-8-14-23(21)31-26/h1,3-4,7-10,13-14,20,22H,2,5-6,11-12,15-18H2,(H,27,29)/t22-/m1/s1. The van der Waals surface area contributed by atoms with Crippen molar-refractivity contribution >= 4 is 22.8 Å². The lowest BCUT2D eigenvalue weighted by molar-refractivity contribution is -0.122. The number of oxazole rings is 1. The van der Waals surface area contributed by atoms with Gasteiger partial charge in [0, 0.05) is 6.42 Å². The van der Waals surface area contributed by atoms with Crippen LogP contribution in [0.3, 0.4) is 0 Å². The SMILES string of the molecule is O=C(CCC1CCCCC1)N[C@H](CCc1ccccc1)C(=O)c1nc2ccccc2o1. The Kier molecular flexibility index (Phi) is 7.13. The Morgan fingerprint density at radius 2 is 1.74 bits per heavy atom. The number of fused-ring (bicyclic) bond motifs is 1. The summed E-state index contributed by atoms with van der Waals surface area (Å²) in [6, 6.07) is 16.7. The number of carbonyl (C=O) groups is 2. The van der Waals surface area contributed by atoms with Gasteiger partial charge in [0.15, 0.2) is 5.58 Å². The number of Topliss-reactive ketones (excluding diaryl/α,β-unsaturated/α-hetero) is 1. The molecule has 1 aliphatic rings. The van der Waals surface area contributed by atoms with Gasteiger partial charge in [-0.25, -0.2) is 4.98 Å². The maximum atomic E-state index is 13.2. The number of carbonyl (C=O) groups excluding carboxylic acids is 2. The molecule has 0 saturated heterocycles. The average molecular weight is 419 g/mol. The van der Waals surface area contributed by atoms with Crippen molar-refractivity contribution in [3.05, 3.63) is 66.1 Å². The molecule has 1 N–H and O–H groups in total. The van der Waals surface area contributed by atoms with E-state index < -0.39 is 6.04 Å². The summed E-state index contributed by atoms with van der Waals surface area (Å²) in [6.45, 7) is 0. The number of ketones is 1. The van der Waals surface area contributed by atoms with E-state index in [0.717, 1.165) is 12.0 Å². The summed E-state index contributed by atoms with van der Waals surface area (Å²) in [5.41, 5.74) is 2.36. The van der Waals surface area contributed by atoms with Gasteiger partial charge < -0.3 is 9.73 Å². The zero-order chi connectivity index (χ0) is 21.5. The topological polar surface area (TPSA) is 72.2 Å². The van der Waals surface area contributed by atoms with Crippen LogP contribution < -0.4 is 5.32 Å². The van der Waals surface area contributed by atoms with Crippen LogP contribution in [0.25, 0.3) is 11.1 Å². The first kappa shape index (κ1) is 21.3. The number of benzene rings is 2. The summed E-state index contributed by atoms with van der Waals surface area (Å²) in [5, 5.41) is 2.98. The van der Waals surface area contributed by atoms with E-state index in [1.54, 1.807) is 6.07 Å². The molecule has 1 saturated carbocycles. The van der Waals surface area contributed by atoms with Crippen LogP contribution in [-0.4, -0.2) is 22.7 Å². The number of rotatable bonds is 9. The van der Waals surface area contributed by atoms with E-state index in [2.05, 4.69) is 10.3 Å². The number of nitrogens with one attached hydrogen (secondary N) is 1. The first-order valence-corrected chi connectivity index (χ1v) is 11.4. The molecule has 1 heterocycles. The van der Waals surface area contributed by atoms with Gasteiger partial charge in [-0.3, -0.25) is 9.59 Å². The molecule has 3 aromatic rings. The highest BCUT2D eigenvalue weighted by atomic mass is 16.4. The Bertz CT molecular complexity index is 973. The number of nitrogens with zero attached hydrogens (tertiary/aromatic N) is 1. The third-order valence-electron chi connectivity index (χ3n) is 6.23. The maximum Gasteiger partial charge on any atom is 0.266 e. The van der Waals surface area contributed by atoms with E-state index >= 15 is 0 Å². The largest absolute Gasteiger partial charge is 0.434 e. The third kappa shape index (κ3) is 5.81. The number of para-hydroxylation sites is 2. The second kappa shape index (κ2) is 10.4. The van der Waals surface area contributed by atoms with Crippen molar-refractivity contribution in [2.24, 2.45) is 5.92 Å². The zero-order valence-corrected chi connectivity index (χ0v) is 17.9. The van der Waals surface area contributed by atoms with E-state index in [-0.39, 0.29) is 17.6 Å². The molecule has 0 aliphatic heterocycles. The molecule has 2 aromatic carbocycles. The van der Waals surface area contributed by atoms with Gasteiger partial charge >= 0.3 is 0 Å². The van der Waals surface area contributed by atoms with Crippen LogP contribution in [0.15, 0.2) is 59.0 Å². The van der Waals surface area contributed by atoms with E-state index in [9.17, 15) is 9.59 Å². The van der Waals surface area contributed by atoms with Gasteiger partial charge in [-0.1, -0.05) is 74.6 Å². The molecule has 1 atom stereocenters. The van der Waals surface area contributed by atoms with Crippen LogP contribution >= 0.6 is 0 Å². The van der Waals surface area contributed by atoms with Crippen molar-refractivity contribution in [3.8, 4) is 0 Å². The first-order chi connectivity index (χ1) is 15.2. The molecule has 0 bridgehead atoms. The van der Waals surface area contributed by atoms with Crippen molar-refractivity contribution in [2.75, 3.05) is 0 Å². The summed E-state index contributed by atoms with van der Waals surface area (Å²) in [7, 11) is 0. The number of aromatic nitrogens is 1. The van der Waals surface area contributed by atoms with Gasteiger partial charge in [-0.2, -0.15) is 0 Å². The van der Waals surface area contributed by atoms with Gasteiger partial charge in [-0.15, -0.1) is 0 Å². The first-order valence-electron chi connectivity index (χ1n) is 11.4. The minimum atomic E-state index is -0.646. The lowest BCUT2D eigenvalue weighted by atomic mass is 9.86. The molecule has 162 valence electrons. The van der Waals surface area contributed by atoms with E-state index in [4.69, 9.17) is 4.42 Å². The Labute approximate surface area is 183 Å². The van der Waals surface area contributed by atoms with Crippen LogP contribution in [-0.2, 0) is 11.2 Å². The highest BCUT2D eigenvalue weighted by Gasteiger charge is 2.27. The predicted molar refractivity (Wildman–Crippen MR) is 121 cm³/mol. The van der Waals surface area contributed by atoms with Crippen LogP contribution in [0.2, 0.25) is 0 Å². The van der Waals surface area contributed by atoms with Crippen molar-refractivity contribution in [3.63, 3.8) is 0 Å². The maximum absolute atomic E-state index is 13.2. The number of hydrogen-bond acceptors (Lipinski definition) is 4. The molecule has 0 spiro atoms. The molecular weight excluding hydrogens is 388 g/mol. The zero-order valence-electron chi connectivity index (χ0n) is 17.9. The molecular formula is C26H30N2O3. The van der Waals surface area contributed by atoms with Crippen LogP contribution in [0.5, 0.6) is 0 Å². The predicted octanol–water partition coefficient (Wildman–Crippen LogP) is 5.49. The summed E-state index contributed by atoms with van der Waals surface area (Å²) < 4.78 is 5.69. The molecule has 1 fully saturated rings. The van der Waals surface area contributed by atoms with Crippen molar-refractivity contribution in [1.29, 1.82) is 0 Å². The van der Waals surface area contributed by atoms with E-state index in [0.29, 0.717) is 36.3 Å². The lowest BCUT2D eigenvalue weighted by Gasteiger charge is -2.22. The fraction of sp³-hybridized carbons (Fsp3) is 0.423. The summed E-state index contributed by atoms with van der Waals surface area (Å²) in [5.74, 6) is 0.369. The van der Waals surface area contributed by atoms with E-state index in [1.807, 2.05) is 48.5 Å². The molecule has 5 heteroatoms. The molecule has 1 aromatic heterocycles. The smallest absolute Gasteiger partial charge is 0.266 e. The number of hydrogen-bond donors (Lipinski definition) is 1. The fourth-order valence-corrected chi connectivity index (χ4v) is 4.43. The molecule has 4 rings (SSSR count). The highest BCUT2D eigenvalue weighted by Crippen LogP contribution is 2.27. The monoisotopic (exact) mass is 418 g/mol. The Morgan fingerprint density at radius 1 is 1.00 bits per heavy atom.